The first kappa shape index (κ1) is 25.6. The molecule has 4 heterocycles. The molecule has 1 amide bonds. The predicted octanol–water partition coefficient (Wildman–Crippen LogP) is 6.87. The Morgan fingerprint density at radius 2 is 1.89 bits per heavy atom. The fourth-order valence-corrected chi connectivity index (χ4v) is 7.38. The molecule has 38 heavy (non-hydrogen) atoms. The molecule has 0 atom stereocenters. The van der Waals surface area contributed by atoms with E-state index >= 15 is 0 Å². The zero-order chi connectivity index (χ0) is 26.3. The van der Waals surface area contributed by atoms with Crippen molar-refractivity contribution in [3.05, 3.63) is 75.6 Å². The van der Waals surface area contributed by atoms with Crippen LogP contribution in [-0.2, 0) is 28.3 Å². The van der Waals surface area contributed by atoms with E-state index in [4.69, 9.17) is 21.3 Å². The van der Waals surface area contributed by atoms with E-state index in [0.717, 1.165) is 33.2 Å². The molecule has 0 saturated carbocycles. The number of hydrogen-bond acceptors (Lipinski definition) is 8. The highest BCUT2D eigenvalue weighted by molar-refractivity contribution is 8.00. The number of thiophene rings is 1. The number of benzene rings is 2. The van der Waals surface area contributed by atoms with E-state index in [2.05, 4.69) is 41.5 Å². The number of nitrogens with one attached hydrogen (secondary N) is 1. The Hall–Kier alpha value is -2.63. The van der Waals surface area contributed by atoms with Gasteiger partial charge in [0.1, 0.15) is 4.83 Å². The Bertz CT molecular complexity index is 1630. The molecule has 0 spiro atoms. The topological polar surface area (TPSA) is 81.4 Å². The first-order valence-corrected chi connectivity index (χ1v) is 15.2. The summed E-state index contributed by atoms with van der Waals surface area (Å²) in [5.41, 5.74) is 3.67. The van der Waals surface area contributed by atoms with Crippen LogP contribution in [0.25, 0.3) is 15.9 Å². The lowest BCUT2D eigenvalue weighted by atomic mass is 9.94. The minimum atomic E-state index is -0.254. The summed E-state index contributed by atoms with van der Waals surface area (Å²) in [6, 6.07) is 17.4. The summed E-state index contributed by atoms with van der Waals surface area (Å²) in [6.07, 6.45) is 0.787. The summed E-state index contributed by atoms with van der Waals surface area (Å²) in [6.45, 7) is 4.79. The molecule has 6 rings (SSSR count). The van der Waals surface area contributed by atoms with Crippen molar-refractivity contribution >= 4 is 73.9 Å². The molecule has 3 aromatic heterocycles. The third-order valence-electron chi connectivity index (χ3n) is 6.19. The molecule has 0 radical (unpaired) electrons. The van der Waals surface area contributed by atoms with Crippen molar-refractivity contribution in [3.8, 4) is 0 Å². The molecule has 11 heteroatoms. The Morgan fingerprint density at radius 1 is 1.11 bits per heavy atom. The van der Waals surface area contributed by atoms with Crippen molar-refractivity contribution in [2.45, 2.75) is 48.5 Å². The molecular formula is C27H24ClN5O2S3. The van der Waals surface area contributed by atoms with Gasteiger partial charge in [0.2, 0.25) is 5.91 Å². The van der Waals surface area contributed by atoms with Gasteiger partial charge in [-0.05, 0) is 49.2 Å². The van der Waals surface area contributed by atoms with E-state index in [0.29, 0.717) is 22.5 Å². The van der Waals surface area contributed by atoms with Crippen molar-refractivity contribution in [2.24, 2.45) is 0 Å². The predicted molar refractivity (Wildman–Crippen MR) is 156 cm³/mol. The fraction of sp³-hybridized carbons (Fsp3) is 0.259. The first-order chi connectivity index (χ1) is 18.4. The third-order valence-corrected chi connectivity index (χ3v) is 9.48. The van der Waals surface area contributed by atoms with Crippen LogP contribution in [0.2, 0.25) is 5.02 Å². The summed E-state index contributed by atoms with van der Waals surface area (Å²) in [4.78, 5) is 19.9. The zero-order valence-electron chi connectivity index (χ0n) is 20.7. The van der Waals surface area contributed by atoms with E-state index in [1.807, 2.05) is 22.6 Å². The van der Waals surface area contributed by atoms with Gasteiger partial charge in [-0.15, -0.1) is 21.5 Å². The quantitative estimate of drug-likeness (QED) is 0.166. The number of thioether (sulfide) groups is 2. The van der Waals surface area contributed by atoms with Crippen molar-refractivity contribution in [1.82, 2.24) is 19.6 Å². The molecule has 7 nitrogen and oxygen atoms in total. The second kappa shape index (κ2) is 10.5. The molecular weight excluding hydrogens is 558 g/mol. The maximum atomic E-state index is 12.7. The summed E-state index contributed by atoms with van der Waals surface area (Å²) in [5, 5.41) is 15.2. The summed E-state index contributed by atoms with van der Waals surface area (Å²) < 4.78 is 8.08. The second-order valence-corrected chi connectivity index (χ2v) is 13.0. The highest BCUT2D eigenvalue weighted by atomic mass is 35.5. The van der Waals surface area contributed by atoms with Gasteiger partial charge in [0, 0.05) is 27.8 Å². The SMILES string of the molecule is CC1(C)Cc2c(sc3nc(SCc4ccccc4)n4c(SCC(=O)Nc5ccc(Cl)cc5)nnc4c23)CO1. The molecule has 0 aliphatic carbocycles. The van der Waals surface area contributed by atoms with Crippen LogP contribution in [0.4, 0.5) is 5.69 Å². The summed E-state index contributed by atoms with van der Waals surface area (Å²) in [5.74, 6) is 0.815. The van der Waals surface area contributed by atoms with Crippen molar-refractivity contribution in [3.63, 3.8) is 0 Å². The fourth-order valence-electron chi connectivity index (χ4n) is 4.36. The molecule has 5 aromatic rings. The molecule has 2 aromatic carbocycles. The van der Waals surface area contributed by atoms with E-state index in [9.17, 15) is 4.79 Å². The van der Waals surface area contributed by atoms with Crippen LogP contribution in [0.15, 0.2) is 64.9 Å². The van der Waals surface area contributed by atoms with Gasteiger partial charge in [-0.25, -0.2) is 9.38 Å². The molecule has 0 fully saturated rings. The molecule has 194 valence electrons. The molecule has 1 aliphatic heterocycles. The highest BCUT2D eigenvalue weighted by Crippen LogP contribution is 2.41. The van der Waals surface area contributed by atoms with Gasteiger partial charge in [0.15, 0.2) is 16.0 Å². The number of hydrogen-bond donors (Lipinski definition) is 1. The summed E-state index contributed by atoms with van der Waals surface area (Å²) >= 11 is 10.6. The zero-order valence-corrected chi connectivity index (χ0v) is 23.9. The lowest BCUT2D eigenvalue weighted by Gasteiger charge is -2.30. The number of amides is 1. The second-order valence-electron chi connectivity index (χ2n) is 9.56. The number of anilines is 1. The van der Waals surface area contributed by atoms with E-state index < -0.39 is 0 Å². The number of rotatable bonds is 7. The van der Waals surface area contributed by atoms with Crippen molar-refractivity contribution < 1.29 is 9.53 Å². The average molecular weight is 582 g/mol. The third kappa shape index (κ3) is 5.28. The lowest BCUT2D eigenvalue weighted by molar-refractivity contribution is -0.113. The Labute approximate surface area is 237 Å². The molecule has 1 N–H and O–H groups in total. The minimum Gasteiger partial charge on any atom is -0.370 e. The maximum Gasteiger partial charge on any atom is 0.234 e. The Balaban J connectivity index is 1.35. The van der Waals surface area contributed by atoms with Crippen molar-refractivity contribution in [1.29, 1.82) is 0 Å². The van der Waals surface area contributed by atoms with Gasteiger partial charge >= 0.3 is 0 Å². The number of carbonyl (C=O) groups is 1. The smallest absolute Gasteiger partial charge is 0.234 e. The molecule has 1 aliphatic rings. The van der Waals surface area contributed by atoms with Gasteiger partial charge in [-0.3, -0.25) is 4.79 Å². The normalized spacial score (nSPS) is 14.6. The van der Waals surface area contributed by atoms with Crippen LogP contribution >= 0.6 is 46.5 Å². The number of halogens is 1. The number of carbonyl (C=O) groups excluding carboxylic acids is 1. The Kier molecular flexibility index (Phi) is 7.09. The maximum absolute atomic E-state index is 12.7. The summed E-state index contributed by atoms with van der Waals surface area (Å²) in [7, 11) is 0. The van der Waals surface area contributed by atoms with Crippen LogP contribution < -0.4 is 5.32 Å². The lowest BCUT2D eigenvalue weighted by Crippen LogP contribution is -2.31. The van der Waals surface area contributed by atoms with Gasteiger partial charge in [0.05, 0.1) is 23.3 Å². The van der Waals surface area contributed by atoms with Gasteiger partial charge in [-0.2, -0.15) is 0 Å². The van der Waals surface area contributed by atoms with E-state index in [1.165, 1.54) is 27.8 Å². The minimum absolute atomic E-state index is 0.131. The number of ether oxygens (including phenoxy) is 1. The van der Waals surface area contributed by atoms with E-state index in [1.54, 1.807) is 47.4 Å². The van der Waals surface area contributed by atoms with Crippen LogP contribution in [-0.4, -0.2) is 36.8 Å². The van der Waals surface area contributed by atoms with Crippen LogP contribution in [0.5, 0.6) is 0 Å². The molecule has 0 bridgehead atoms. The van der Waals surface area contributed by atoms with Gasteiger partial charge < -0.3 is 10.1 Å². The number of fused-ring (bicyclic) bond motifs is 5. The van der Waals surface area contributed by atoms with Crippen molar-refractivity contribution in [2.75, 3.05) is 11.1 Å². The van der Waals surface area contributed by atoms with E-state index in [-0.39, 0.29) is 17.3 Å². The van der Waals surface area contributed by atoms with Crippen LogP contribution in [0.1, 0.15) is 29.9 Å². The van der Waals surface area contributed by atoms with Gasteiger partial charge in [0.25, 0.3) is 0 Å². The molecule has 0 saturated heterocycles. The number of aromatic nitrogens is 4. The van der Waals surface area contributed by atoms with Crippen LogP contribution in [0, 0.1) is 0 Å². The monoisotopic (exact) mass is 581 g/mol. The standard InChI is InChI=1S/C27H24ClN5O2S3/c1-27(2)12-19-20(13-35-27)38-24-22(19)23-31-32-26(37-15-21(34)29-18-10-8-17(28)9-11-18)33(23)25(30-24)36-14-16-6-4-3-5-7-16/h3-11H,12-15H2,1-2H3,(H,29,34). The van der Waals surface area contributed by atoms with Crippen LogP contribution in [0.3, 0.4) is 0 Å². The molecule has 0 unspecified atom stereocenters. The van der Waals surface area contributed by atoms with Gasteiger partial charge in [-0.1, -0.05) is 65.5 Å². The highest BCUT2D eigenvalue weighted by Gasteiger charge is 2.31. The first-order valence-electron chi connectivity index (χ1n) is 12.0. The number of nitrogens with zero attached hydrogens (tertiary/aromatic N) is 4. The average Bonchev–Trinajstić information content (AvgIpc) is 3.48. The largest absolute Gasteiger partial charge is 0.370 e. The Morgan fingerprint density at radius 3 is 2.68 bits per heavy atom.